The lowest BCUT2D eigenvalue weighted by Gasteiger charge is -2.35. The first-order chi connectivity index (χ1) is 9.29. The molecule has 5 N–H and O–H groups in total. The van der Waals surface area contributed by atoms with E-state index in [1.54, 1.807) is 0 Å². The Balaban J connectivity index is 2.45. The van der Waals surface area contributed by atoms with Crippen LogP contribution in [-0.4, -0.2) is 59.6 Å². The van der Waals surface area contributed by atoms with E-state index in [-0.39, 0.29) is 6.04 Å². The molecule has 0 saturated carbocycles. The van der Waals surface area contributed by atoms with E-state index >= 15 is 0 Å². The second kappa shape index (κ2) is 7.09. The van der Waals surface area contributed by atoms with Crippen LogP contribution < -0.4 is 16.4 Å². The Hall–Kier alpha value is -1.83. The number of hydrogen-bond acceptors (Lipinski definition) is 4. The number of carbonyl (C=O) groups is 3. The monoisotopic (exact) mass is 286 g/mol. The highest BCUT2D eigenvalue weighted by Gasteiger charge is 2.26. The zero-order chi connectivity index (χ0) is 15.3. The van der Waals surface area contributed by atoms with Gasteiger partial charge >= 0.3 is 12.0 Å². The van der Waals surface area contributed by atoms with Gasteiger partial charge in [0.1, 0.15) is 6.04 Å². The van der Waals surface area contributed by atoms with Gasteiger partial charge in [-0.05, 0) is 26.8 Å². The Morgan fingerprint density at radius 2 is 2.10 bits per heavy atom. The maximum absolute atomic E-state index is 11.7. The Kier molecular flexibility index (Phi) is 5.75. The molecular formula is C12H22N4O4. The van der Waals surface area contributed by atoms with Crippen LogP contribution in [0.4, 0.5) is 4.79 Å². The van der Waals surface area contributed by atoms with Gasteiger partial charge in [0.25, 0.3) is 0 Å². The summed E-state index contributed by atoms with van der Waals surface area (Å²) in [7, 11) is 2.02. The van der Waals surface area contributed by atoms with E-state index in [1.807, 2.05) is 7.05 Å². The van der Waals surface area contributed by atoms with Crippen molar-refractivity contribution in [3.05, 3.63) is 0 Å². The fraction of sp³-hybridized carbons (Fsp3) is 0.750. The molecule has 1 saturated heterocycles. The lowest BCUT2D eigenvalue weighted by atomic mass is 9.99. The molecule has 1 rings (SSSR count). The van der Waals surface area contributed by atoms with Crippen LogP contribution in [0.1, 0.15) is 26.2 Å². The minimum Gasteiger partial charge on any atom is -0.480 e. The second-order valence-corrected chi connectivity index (χ2v) is 5.23. The number of carbonyl (C=O) groups excluding carboxylic acids is 2. The molecule has 3 amide bonds. The van der Waals surface area contributed by atoms with Gasteiger partial charge in [0, 0.05) is 18.6 Å². The van der Waals surface area contributed by atoms with E-state index in [2.05, 4.69) is 22.5 Å². The summed E-state index contributed by atoms with van der Waals surface area (Å²) in [6, 6.07) is -1.52. The molecule has 1 aliphatic rings. The summed E-state index contributed by atoms with van der Waals surface area (Å²) in [5, 5.41) is 13.9. The zero-order valence-electron chi connectivity index (χ0n) is 11.8. The molecule has 1 fully saturated rings. The summed E-state index contributed by atoms with van der Waals surface area (Å²) in [6.45, 7) is 2.94. The predicted octanol–water partition coefficient (Wildman–Crippen LogP) is -0.903. The summed E-state index contributed by atoms with van der Waals surface area (Å²) in [6.07, 6.45) is 1.19. The Morgan fingerprint density at radius 3 is 2.60 bits per heavy atom. The van der Waals surface area contributed by atoms with Gasteiger partial charge in [0.2, 0.25) is 5.91 Å². The third-order valence-electron chi connectivity index (χ3n) is 3.55. The molecule has 1 aliphatic heterocycles. The summed E-state index contributed by atoms with van der Waals surface area (Å²) >= 11 is 0. The molecule has 0 aliphatic carbocycles. The molecule has 0 spiro atoms. The number of carboxylic acid groups (broad SMARTS) is 1. The highest BCUT2D eigenvalue weighted by Crippen LogP contribution is 2.15. The first-order valence-electron chi connectivity index (χ1n) is 6.58. The summed E-state index contributed by atoms with van der Waals surface area (Å²) in [5.41, 5.74) is 4.95. The van der Waals surface area contributed by atoms with Gasteiger partial charge < -0.3 is 26.4 Å². The van der Waals surface area contributed by atoms with E-state index in [4.69, 9.17) is 10.8 Å². The van der Waals surface area contributed by atoms with Gasteiger partial charge in [0.15, 0.2) is 0 Å². The van der Waals surface area contributed by atoms with Crippen molar-refractivity contribution in [1.82, 2.24) is 15.5 Å². The van der Waals surface area contributed by atoms with Crippen LogP contribution in [0.5, 0.6) is 0 Å². The van der Waals surface area contributed by atoms with Gasteiger partial charge in [-0.1, -0.05) is 0 Å². The second-order valence-electron chi connectivity index (χ2n) is 5.23. The fourth-order valence-corrected chi connectivity index (χ4v) is 2.21. The van der Waals surface area contributed by atoms with E-state index < -0.39 is 30.4 Å². The smallest absolute Gasteiger partial charge is 0.326 e. The topological polar surface area (TPSA) is 125 Å². The number of piperidine rings is 1. The standard InChI is InChI=1S/C12H22N4O4/c1-7-5-8(3-4-16(7)2)14-12(20)15-9(11(18)19)6-10(13)17/h7-9H,3-6H2,1-2H3,(H2,13,17)(H,18,19)(H2,14,15,20). The maximum Gasteiger partial charge on any atom is 0.326 e. The van der Waals surface area contributed by atoms with Gasteiger partial charge in [-0.2, -0.15) is 0 Å². The van der Waals surface area contributed by atoms with Gasteiger partial charge in [-0.25, -0.2) is 9.59 Å². The Bertz CT molecular complexity index is 388. The molecule has 1 heterocycles. The average molecular weight is 286 g/mol. The van der Waals surface area contributed by atoms with Gasteiger partial charge in [0.05, 0.1) is 6.42 Å². The predicted molar refractivity (Wildman–Crippen MR) is 72.0 cm³/mol. The molecule has 0 radical (unpaired) electrons. The van der Waals surface area contributed by atoms with E-state index in [0.717, 1.165) is 19.4 Å². The van der Waals surface area contributed by atoms with Gasteiger partial charge in [-0.15, -0.1) is 0 Å². The SMILES string of the molecule is CC1CC(NC(=O)NC(CC(N)=O)C(=O)O)CCN1C. The molecular weight excluding hydrogens is 264 g/mol. The van der Waals surface area contributed by atoms with Crippen LogP contribution in [0.15, 0.2) is 0 Å². The first-order valence-corrected chi connectivity index (χ1v) is 6.58. The van der Waals surface area contributed by atoms with Gasteiger partial charge in [-0.3, -0.25) is 4.79 Å². The van der Waals surface area contributed by atoms with Crippen molar-refractivity contribution in [2.45, 2.75) is 44.3 Å². The summed E-state index contributed by atoms with van der Waals surface area (Å²) < 4.78 is 0. The number of nitrogens with one attached hydrogen (secondary N) is 2. The molecule has 8 heteroatoms. The zero-order valence-corrected chi connectivity index (χ0v) is 11.8. The van der Waals surface area contributed by atoms with E-state index in [0.29, 0.717) is 6.04 Å². The third kappa shape index (κ3) is 5.04. The molecule has 0 bridgehead atoms. The number of urea groups is 1. The molecule has 8 nitrogen and oxygen atoms in total. The molecule has 20 heavy (non-hydrogen) atoms. The number of carboxylic acids is 1. The quantitative estimate of drug-likeness (QED) is 0.521. The Labute approximate surface area is 117 Å². The number of primary amides is 1. The van der Waals surface area contributed by atoms with Crippen LogP contribution in [0.25, 0.3) is 0 Å². The minimum absolute atomic E-state index is 0.00391. The highest BCUT2D eigenvalue weighted by atomic mass is 16.4. The van der Waals surface area contributed by atoms with Crippen molar-refractivity contribution >= 4 is 17.9 Å². The molecule has 114 valence electrons. The largest absolute Gasteiger partial charge is 0.480 e. The molecule has 0 aromatic heterocycles. The summed E-state index contributed by atoms with van der Waals surface area (Å²) in [5.74, 6) is -2.05. The van der Waals surface area contributed by atoms with Crippen LogP contribution in [0.2, 0.25) is 0 Å². The Morgan fingerprint density at radius 1 is 1.45 bits per heavy atom. The van der Waals surface area contributed by atoms with Crippen molar-refractivity contribution in [2.75, 3.05) is 13.6 Å². The number of aliphatic carboxylic acids is 1. The molecule has 3 atom stereocenters. The highest BCUT2D eigenvalue weighted by molar-refractivity contribution is 5.87. The molecule has 0 aromatic rings. The summed E-state index contributed by atoms with van der Waals surface area (Å²) in [4.78, 5) is 35.6. The van der Waals surface area contributed by atoms with Crippen molar-refractivity contribution in [2.24, 2.45) is 5.73 Å². The van der Waals surface area contributed by atoms with Crippen molar-refractivity contribution in [3.63, 3.8) is 0 Å². The number of nitrogens with zero attached hydrogens (tertiary/aromatic N) is 1. The molecule has 0 aromatic carbocycles. The number of nitrogens with two attached hydrogens (primary N) is 1. The van der Waals surface area contributed by atoms with E-state index in [9.17, 15) is 14.4 Å². The maximum atomic E-state index is 11.7. The normalized spacial score (nSPS) is 24.7. The lowest BCUT2D eigenvalue weighted by molar-refractivity contribution is -0.140. The average Bonchev–Trinajstić information content (AvgIpc) is 2.32. The van der Waals surface area contributed by atoms with E-state index in [1.165, 1.54) is 0 Å². The number of rotatable bonds is 5. The number of amides is 3. The van der Waals surface area contributed by atoms with Crippen molar-refractivity contribution < 1.29 is 19.5 Å². The third-order valence-corrected chi connectivity index (χ3v) is 3.55. The van der Waals surface area contributed by atoms with Crippen LogP contribution in [0.3, 0.4) is 0 Å². The fourth-order valence-electron chi connectivity index (χ4n) is 2.21. The van der Waals surface area contributed by atoms with Crippen LogP contribution in [0, 0.1) is 0 Å². The number of likely N-dealkylation sites (tertiary alicyclic amines) is 1. The first kappa shape index (κ1) is 16.2. The van der Waals surface area contributed by atoms with Crippen LogP contribution in [-0.2, 0) is 9.59 Å². The number of hydrogen-bond donors (Lipinski definition) is 4. The lowest BCUT2D eigenvalue weighted by Crippen LogP contribution is -2.53. The van der Waals surface area contributed by atoms with Crippen molar-refractivity contribution in [1.29, 1.82) is 0 Å². The molecule has 3 unspecified atom stereocenters. The minimum atomic E-state index is -1.30. The van der Waals surface area contributed by atoms with Crippen LogP contribution >= 0.6 is 0 Å². The van der Waals surface area contributed by atoms with Crippen molar-refractivity contribution in [3.8, 4) is 0 Å².